The molecule has 0 aliphatic heterocycles. The third kappa shape index (κ3) is 4.58. The van der Waals surface area contributed by atoms with Gasteiger partial charge in [-0.1, -0.05) is 18.0 Å². The van der Waals surface area contributed by atoms with E-state index >= 15 is 0 Å². The van der Waals surface area contributed by atoms with Crippen LogP contribution in [-0.2, 0) is 24.2 Å². The number of carbonyl (C=O) groups excluding carboxylic acids is 1. The number of halogens is 2. The summed E-state index contributed by atoms with van der Waals surface area (Å²) in [7, 11) is 1.86. The smallest absolute Gasteiger partial charge is 0.238 e. The van der Waals surface area contributed by atoms with E-state index in [1.54, 1.807) is 6.07 Å². The molecular weight excluding hydrogens is 343 g/mol. The molecule has 0 bridgehead atoms. The van der Waals surface area contributed by atoms with Gasteiger partial charge in [0, 0.05) is 17.3 Å². The maximum Gasteiger partial charge on any atom is 0.238 e. The molecule has 2 N–H and O–H groups in total. The molecule has 3 rings (SSSR count). The van der Waals surface area contributed by atoms with Gasteiger partial charge in [0.25, 0.3) is 0 Å². The van der Waals surface area contributed by atoms with Crippen molar-refractivity contribution in [3.8, 4) is 0 Å². The van der Waals surface area contributed by atoms with E-state index in [9.17, 15) is 9.18 Å². The van der Waals surface area contributed by atoms with Crippen molar-refractivity contribution in [1.82, 2.24) is 15.1 Å². The molecular formula is C18H22ClFN4O. The zero-order chi connectivity index (χ0) is 17.8. The lowest BCUT2D eigenvalue weighted by atomic mass is 10.1. The molecule has 5 nitrogen and oxygen atoms in total. The van der Waals surface area contributed by atoms with Gasteiger partial charge in [-0.25, -0.2) is 4.39 Å². The molecule has 1 heterocycles. The third-order valence-electron chi connectivity index (χ3n) is 4.43. The summed E-state index contributed by atoms with van der Waals surface area (Å²) >= 11 is 5.72. The number of aromatic nitrogens is 2. The van der Waals surface area contributed by atoms with Gasteiger partial charge in [0.05, 0.1) is 17.9 Å². The molecule has 2 aromatic rings. The van der Waals surface area contributed by atoms with Gasteiger partial charge in [0.15, 0.2) is 0 Å². The summed E-state index contributed by atoms with van der Waals surface area (Å²) in [4.78, 5) is 14.0. The number of hydrogen-bond donors (Lipinski definition) is 2. The van der Waals surface area contributed by atoms with Crippen molar-refractivity contribution < 1.29 is 9.18 Å². The number of aryl methyl sites for hydroxylation is 1. The molecule has 1 amide bonds. The molecule has 134 valence electrons. The van der Waals surface area contributed by atoms with Crippen LogP contribution in [0, 0.1) is 5.82 Å². The van der Waals surface area contributed by atoms with E-state index in [2.05, 4.69) is 15.5 Å². The largest absolute Gasteiger partial charge is 0.322 e. The molecule has 7 heteroatoms. The summed E-state index contributed by atoms with van der Waals surface area (Å²) < 4.78 is 13.8. The van der Waals surface area contributed by atoms with E-state index in [1.165, 1.54) is 42.7 Å². The number of likely N-dealkylation sites (N-methyl/N-ethyl adjacent to an activating group) is 1. The Morgan fingerprint density at radius 2 is 2.16 bits per heavy atom. The highest BCUT2D eigenvalue weighted by Gasteiger charge is 2.18. The van der Waals surface area contributed by atoms with Gasteiger partial charge in [-0.15, -0.1) is 0 Å². The standard InChI is InChI=1S/C18H22ClFN4O/c1-24(10-17-13-5-3-2-4-6-15(13)22-23-17)11-18(25)21-16-8-7-12(19)9-14(16)20/h7-9H,2-6,10-11H2,1H3,(H,21,25)(H,22,23). The first kappa shape index (κ1) is 17.9. The SMILES string of the molecule is CN(CC(=O)Nc1ccc(Cl)cc1F)Cc1n[nH]c2c1CCCCC2. The highest BCUT2D eigenvalue weighted by Crippen LogP contribution is 2.22. The fraction of sp³-hybridized carbons (Fsp3) is 0.444. The quantitative estimate of drug-likeness (QED) is 0.798. The topological polar surface area (TPSA) is 61.0 Å². The van der Waals surface area contributed by atoms with Crippen molar-refractivity contribution in [2.24, 2.45) is 0 Å². The minimum absolute atomic E-state index is 0.136. The lowest BCUT2D eigenvalue weighted by Crippen LogP contribution is -2.30. The molecule has 1 aliphatic carbocycles. The Labute approximate surface area is 151 Å². The van der Waals surface area contributed by atoms with Crippen molar-refractivity contribution in [2.45, 2.75) is 38.6 Å². The summed E-state index contributed by atoms with van der Waals surface area (Å²) in [6, 6.07) is 4.19. The van der Waals surface area contributed by atoms with E-state index in [0.717, 1.165) is 18.5 Å². The summed E-state index contributed by atoms with van der Waals surface area (Å²) in [5.74, 6) is -0.813. The first-order valence-corrected chi connectivity index (χ1v) is 8.89. The second-order valence-corrected chi connectivity index (χ2v) is 6.97. The van der Waals surface area contributed by atoms with Gasteiger partial charge in [0.1, 0.15) is 5.82 Å². The van der Waals surface area contributed by atoms with Gasteiger partial charge < -0.3 is 5.32 Å². The number of nitrogens with zero attached hydrogens (tertiary/aromatic N) is 2. The average molecular weight is 365 g/mol. The Balaban J connectivity index is 1.58. The van der Waals surface area contributed by atoms with Crippen LogP contribution in [0.3, 0.4) is 0 Å². The van der Waals surface area contributed by atoms with Gasteiger partial charge in [-0.3, -0.25) is 14.8 Å². The first-order valence-electron chi connectivity index (χ1n) is 8.51. The number of hydrogen-bond acceptors (Lipinski definition) is 3. The minimum Gasteiger partial charge on any atom is -0.322 e. The summed E-state index contributed by atoms with van der Waals surface area (Å²) in [6.45, 7) is 0.742. The Hall–Kier alpha value is -1.92. The Morgan fingerprint density at radius 1 is 1.36 bits per heavy atom. The number of rotatable bonds is 5. The average Bonchev–Trinajstić information content (AvgIpc) is 2.78. The van der Waals surface area contributed by atoms with Crippen molar-refractivity contribution in [2.75, 3.05) is 18.9 Å². The van der Waals surface area contributed by atoms with Crippen LogP contribution in [0.2, 0.25) is 5.02 Å². The molecule has 0 saturated heterocycles. The number of nitrogens with one attached hydrogen (secondary N) is 2. The van der Waals surface area contributed by atoms with E-state index < -0.39 is 5.82 Å². The van der Waals surface area contributed by atoms with E-state index in [0.29, 0.717) is 11.6 Å². The molecule has 0 unspecified atom stereocenters. The summed E-state index contributed by atoms with van der Waals surface area (Å²) in [5.41, 5.74) is 3.67. The lowest BCUT2D eigenvalue weighted by molar-refractivity contribution is -0.117. The molecule has 0 fully saturated rings. The van der Waals surface area contributed by atoms with Crippen LogP contribution in [0.25, 0.3) is 0 Å². The maximum atomic E-state index is 13.8. The maximum absolute atomic E-state index is 13.8. The van der Waals surface area contributed by atoms with Crippen molar-refractivity contribution in [3.63, 3.8) is 0 Å². The number of benzene rings is 1. The van der Waals surface area contributed by atoms with Crippen LogP contribution in [0.1, 0.15) is 36.2 Å². The van der Waals surface area contributed by atoms with Crippen LogP contribution in [0.4, 0.5) is 10.1 Å². The Morgan fingerprint density at radius 3 is 2.96 bits per heavy atom. The van der Waals surface area contributed by atoms with Crippen LogP contribution >= 0.6 is 11.6 Å². The van der Waals surface area contributed by atoms with E-state index in [-0.39, 0.29) is 18.1 Å². The lowest BCUT2D eigenvalue weighted by Gasteiger charge is -2.16. The van der Waals surface area contributed by atoms with Crippen LogP contribution < -0.4 is 5.32 Å². The van der Waals surface area contributed by atoms with Crippen LogP contribution in [0.15, 0.2) is 18.2 Å². The Bertz CT molecular complexity index is 762. The molecule has 1 aliphatic rings. The van der Waals surface area contributed by atoms with Gasteiger partial charge in [0.2, 0.25) is 5.91 Å². The zero-order valence-corrected chi connectivity index (χ0v) is 15.0. The second-order valence-electron chi connectivity index (χ2n) is 6.53. The van der Waals surface area contributed by atoms with Crippen molar-refractivity contribution >= 4 is 23.2 Å². The van der Waals surface area contributed by atoms with Crippen LogP contribution in [0.5, 0.6) is 0 Å². The molecule has 1 aromatic carbocycles. The van der Waals surface area contributed by atoms with Gasteiger partial charge >= 0.3 is 0 Å². The highest BCUT2D eigenvalue weighted by molar-refractivity contribution is 6.30. The highest BCUT2D eigenvalue weighted by atomic mass is 35.5. The van der Waals surface area contributed by atoms with Crippen LogP contribution in [-0.4, -0.2) is 34.6 Å². The number of H-pyrrole nitrogens is 1. The second kappa shape index (κ2) is 7.97. The molecule has 25 heavy (non-hydrogen) atoms. The predicted molar refractivity (Wildman–Crippen MR) is 96.2 cm³/mol. The molecule has 0 radical (unpaired) electrons. The fourth-order valence-electron chi connectivity index (χ4n) is 3.19. The van der Waals surface area contributed by atoms with E-state index in [1.807, 2.05) is 11.9 Å². The third-order valence-corrected chi connectivity index (χ3v) is 4.67. The zero-order valence-electron chi connectivity index (χ0n) is 14.2. The van der Waals surface area contributed by atoms with Gasteiger partial charge in [-0.2, -0.15) is 5.10 Å². The molecule has 0 saturated carbocycles. The normalized spacial score (nSPS) is 14.2. The molecule has 0 atom stereocenters. The van der Waals surface area contributed by atoms with Crippen molar-refractivity contribution in [3.05, 3.63) is 46.0 Å². The molecule has 1 aromatic heterocycles. The minimum atomic E-state index is -0.541. The number of aromatic amines is 1. The van der Waals surface area contributed by atoms with E-state index in [4.69, 9.17) is 11.6 Å². The number of anilines is 1. The van der Waals surface area contributed by atoms with Gasteiger partial charge in [-0.05, 0) is 56.5 Å². The predicted octanol–water partition coefficient (Wildman–Crippen LogP) is 3.54. The first-order chi connectivity index (χ1) is 12.0. The Kier molecular flexibility index (Phi) is 5.71. The molecule has 0 spiro atoms. The monoisotopic (exact) mass is 364 g/mol. The number of carbonyl (C=O) groups is 1. The fourth-order valence-corrected chi connectivity index (χ4v) is 3.35. The number of amides is 1. The summed E-state index contributed by atoms with van der Waals surface area (Å²) in [6.07, 6.45) is 5.70. The summed E-state index contributed by atoms with van der Waals surface area (Å²) in [5, 5.41) is 10.4. The van der Waals surface area contributed by atoms with Crippen molar-refractivity contribution in [1.29, 1.82) is 0 Å². The number of fused-ring (bicyclic) bond motifs is 1.